The number of nitrogens with one attached hydrogen (secondary N) is 1. The number of halogens is 1. The van der Waals surface area contributed by atoms with Crippen molar-refractivity contribution in [2.75, 3.05) is 24.7 Å². The fraction of sp³-hybridized carbons (Fsp3) is 0.370. The quantitative estimate of drug-likeness (QED) is 0.279. The molecule has 9 nitrogen and oxygen atoms in total. The summed E-state index contributed by atoms with van der Waals surface area (Å²) < 4.78 is 23.6. The van der Waals surface area contributed by atoms with Gasteiger partial charge in [-0.05, 0) is 86.0 Å². The summed E-state index contributed by atoms with van der Waals surface area (Å²) in [5, 5.41) is 2.24. The Hall–Kier alpha value is -3.53. The highest BCUT2D eigenvalue weighted by Crippen LogP contribution is 2.39. The van der Waals surface area contributed by atoms with Crippen molar-refractivity contribution in [2.45, 2.75) is 47.1 Å². The average molecular weight is 575 g/mol. The van der Waals surface area contributed by atoms with Gasteiger partial charge in [0.1, 0.15) is 17.1 Å². The molecule has 0 aromatic heterocycles. The molecule has 2 aromatic carbocycles. The van der Waals surface area contributed by atoms with Crippen LogP contribution in [0.25, 0.3) is 6.08 Å². The molecule has 2 aromatic rings. The summed E-state index contributed by atoms with van der Waals surface area (Å²) in [6.07, 6.45) is 2.16. The first-order valence-electron chi connectivity index (χ1n) is 12.2. The summed E-state index contributed by atoms with van der Waals surface area (Å²) >= 11 is 3.51. The summed E-state index contributed by atoms with van der Waals surface area (Å²) in [5.41, 5.74) is 0.448. The van der Waals surface area contributed by atoms with Crippen LogP contribution >= 0.6 is 15.9 Å². The van der Waals surface area contributed by atoms with E-state index in [-0.39, 0.29) is 17.4 Å². The molecule has 4 amide bonds. The Morgan fingerprint density at radius 2 is 1.62 bits per heavy atom. The lowest BCUT2D eigenvalue weighted by Crippen LogP contribution is -2.54. The highest BCUT2D eigenvalue weighted by Gasteiger charge is 2.38. The van der Waals surface area contributed by atoms with Crippen LogP contribution in [0.15, 0.2) is 40.4 Å². The molecule has 0 radical (unpaired) electrons. The van der Waals surface area contributed by atoms with Crippen LogP contribution in [-0.2, 0) is 9.59 Å². The van der Waals surface area contributed by atoms with Crippen molar-refractivity contribution >= 4 is 45.5 Å². The minimum Gasteiger partial charge on any atom is -0.494 e. The van der Waals surface area contributed by atoms with Gasteiger partial charge in [-0.15, -0.1) is 0 Å². The van der Waals surface area contributed by atoms with Crippen LogP contribution < -0.4 is 29.2 Å². The first-order valence-corrected chi connectivity index (χ1v) is 13.0. The SMILES string of the molecule is CCOc1ccc(OCC)c(N2C(=O)NC(=O)/C(=C\c3cc(Br)c(O[C@@H](C)CC)c(OCC)c3)C2=O)c1. The van der Waals surface area contributed by atoms with Crippen molar-refractivity contribution < 1.29 is 33.3 Å². The van der Waals surface area contributed by atoms with Crippen LogP contribution in [0.1, 0.15) is 46.6 Å². The number of imide groups is 2. The molecule has 1 N–H and O–H groups in total. The third-order valence-corrected chi connectivity index (χ3v) is 6.01. The van der Waals surface area contributed by atoms with E-state index < -0.39 is 17.8 Å². The van der Waals surface area contributed by atoms with Crippen molar-refractivity contribution in [3.63, 3.8) is 0 Å². The normalized spacial score (nSPS) is 15.5. The summed E-state index contributed by atoms with van der Waals surface area (Å²) in [4.78, 5) is 40.0. The van der Waals surface area contributed by atoms with Gasteiger partial charge >= 0.3 is 6.03 Å². The highest BCUT2D eigenvalue weighted by molar-refractivity contribution is 9.10. The third-order valence-electron chi connectivity index (χ3n) is 5.42. The zero-order chi connectivity index (χ0) is 27.1. The Bertz CT molecular complexity index is 1210. The predicted molar refractivity (Wildman–Crippen MR) is 143 cm³/mol. The van der Waals surface area contributed by atoms with Gasteiger partial charge in [0.15, 0.2) is 11.5 Å². The maximum atomic E-state index is 13.5. The number of anilines is 1. The van der Waals surface area contributed by atoms with Crippen molar-refractivity contribution in [2.24, 2.45) is 0 Å². The van der Waals surface area contributed by atoms with Gasteiger partial charge in [-0.2, -0.15) is 0 Å². The predicted octanol–water partition coefficient (Wildman–Crippen LogP) is 5.49. The molecule has 0 aliphatic carbocycles. The van der Waals surface area contributed by atoms with E-state index in [1.54, 1.807) is 31.2 Å². The van der Waals surface area contributed by atoms with Gasteiger partial charge in [0.05, 0.1) is 36.1 Å². The van der Waals surface area contributed by atoms with Crippen LogP contribution in [0.2, 0.25) is 0 Å². The molecule has 198 valence electrons. The molecule has 1 fully saturated rings. The van der Waals surface area contributed by atoms with Gasteiger partial charge < -0.3 is 18.9 Å². The van der Waals surface area contributed by atoms with Crippen LogP contribution in [0.4, 0.5) is 10.5 Å². The zero-order valence-corrected chi connectivity index (χ0v) is 23.1. The van der Waals surface area contributed by atoms with E-state index in [0.717, 1.165) is 11.3 Å². The fourth-order valence-corrected chi connectivity index (χ4v) is 4.14. The van der Waals surface area contributed by atoms with Gasteiger partial charge in [0, 0.05) is 6.07 Å². The van der Waals surface area contributed by atoms with E-state index in [9.17, 15) is 14.4 Å². The van der Waals surface area contributed by atoms with Crippen LogP contribution in [0, 0.1) is 0 Å². The summed E-state index contributed by atoms with van der Waals surface area (Å²) in [6.45, 7) is 10.5. The highest BCUT2D eigenvalue weighted by atomic mass is 79.9. The number of ether oxygens (including phenoxy) is 4. The van der Waals surface area contributed by atoms with E-state index in [1.807, 2.05) is 27.7 Å². The number of nitrogens with zero attached hydrogens (tertiary/aromatic N) is 1. The Morgan fingerprint density at radius 1 is 0.946 bits per heavy atom. The largest absolute Gasteiger partial charge is 0.494 e. The lowest BCUT2D eigenvalue weighted by molar-refractivity contribution is -0.122. The molecule has 0 bridgehead atoms. The standard InChI is InChI=1S/C27H31BrN2O7/c1-6-16(5)37-24-20(28)13-17(14-23(24)36-9-4)12-19-25(31)29-27(33)30(26(19)32)21-15-18(34-7-2)10-11-22(21)35-8-3/h10-16H,6-9H2,1-5H3,(H,29,31,33)/b19-12+/t16-/m0/s1. The van der Waals surface area contributed by atoms with E-state index in [4.69, 9.17) is 18.9 Å². The van der Waals surface area contributed by atoms with Gasteiger partial charge in [-0.3, -0.25) is 14.9 Å². The molecule has 0 saturated carbocycles. The van der Waals surface area contributed by atoms with Crippen LogP contribution in [0.5, 0.6) is 23.0 Å². The Kier molecular flexibility index (Phi) is 9.57. The molecular formula is C27H31BrN2O7. The first-order chi connectivity index (χ1) is 17.7. The van der Waals surface area contributed by atoms with Gasteiger partial charge in [-0.1, -0.05) is 6.92 Å². The molecule has 1 aliphatic rings. The van der Waals surface area contributed by atoms with Gasteiger partial charge in [0.25, 0.3) is 11.8 Å². The number of carbonyl (C=O) groups excluding carboxylic acids is 3. The molecule has 1 heterocycles. The molecule has 1 saturated heterocycles. The number of urea groups is 1. The topological polar surface area (TPSA) is 103 Å². The van der Waals surface area contributed by atoms with E-state index >= 15 is 0 Å². The minimum absolute atomic E-state index is 0.0445. The smallest absolute Gasteiger partial charge is 0.336 e. The number of amides is 4. The fourth-order valence-electron chi connectivity index (χ4n) is 3.58. The van der Waals surface area contributed by atoms with Crippen molar-refractivity contribution in [3.8, 4) is 23.0 Å². The maximum absolute atomic E-state index is 13.5. The molecule has 37 heavy (non-hydrogen) atoms. The monoisotopic (exact) mass is 574 g/mol. The second-order valence-corrected chi connectivity index (χ2v) is 8.91. The Labute approximate surface area is 224 Å². The Morgan fingerprint density at radius 3 is 2.27 bits per heavy atom. The number of barbiturate groups is 1. The average Bonchev–Trinajstić information content (AvgIpc) is 2.85. The molecule has 3 rings (SSSR count). The molecule has 0 spiro atoms. The lowest BCUT2D eigenvalue weighted by atomic mass is 10.1. The number of rotatable bonds is 11. The number of benzene rings is 2. The summed E-state index contributed by atoms with van der Waals surface area (Å²) in [5.74, 6) is 0.145. The lowest BCUT2D eigenvalue weighted by Gasteiger charge is -2.28. The first kappa shape index (κ1) is 28.0. The summed E-state index contributed by atoms with van der Waals surface area (Å²) in [6, 6.07) is 7.35. The summed E-state index contributed by atoms with van der Waals surface area (Å²) in [7, 11) is 0. The minimum atomic E-state index is -0.879. The van der Waals surface area contributed by atoms with E-state index in [0.29, 0.717) is 52.9 Å². The van der Waals surface area contributed by atoms with Gasteiger partial charge in [-0.25, -0.2) is 9.69 Å². The number of carbonyl (C=O) groups is 3. The molecule has 1 atom stereocenters. The van der Waals surface area contributed by atoms with E-state index in [2.05, 4.69) is 21.2 Å². The molecule has 1 aliphatic heterocycles. The number of hydrogen-bond acceptors (Lipinski definition) is 7. The maximum Gasteiger partial charge on any atom is 0.336 e. The second kappa shape index (κ2) is 12.6. The van der Waals surface area contributed by atoms with Crippen LogP contribution in [0.3, 0.4) is 0 Å². The Balaban J connectivity index is 2.07. The van der Waals surface area contributed by atoms with Gasteiger partial charge in [0.2, 0.25) is 0 Å². The number of hydrogen-bond donors (Lipinski definition) is 1. The van der Waals surface area contributed by atoms with Crippen molar-refractivity contribution in [3.05, 3.63) is 45.9 Å². The van der Waals surface area contributed by atoms with Crippen molar-refractivity contribution in [1.29, 1.82) is 0 Å². The van der Waals surface area contributed by atoms with Crippen LogP contribution in [-0.4, -0.2) is 43.8 Å². The zero-order valence-electron chi connectivity index (χ0n) is 21.6. The van der Waals surface area contributed by atoms with E-state index in [1.165, 1.54) is 12.1 Å². The third kappa shape index (κ3) is 6.43. The molecule has 10 heteroatoms. The second-order valence-electron chi connectivity index (χ2n) is 8.05. The van der Waals surface area contributed by atoms with Crippen molar-refractivity contribution in [1.82, 2.24) is 5.32 Å². The molecular weight excluding hydrogens is 544 g/mol. The molecule has 0 unspecified atom stereocenters.